The lowest BCUT2D eigenvalue weighted by Gasteiger charge is -2.14. The Balaban J connectivity index is 1.69. The van der Waals surface area contributed by atoms with Crippen LogP contribution in [0.3, 0.4) is 0 Å². The molecule has 0 N–H and O–H groups in total. The zero-order valence-corrected chi connectivity index (χ0v) is 18.7. The Morgan fingerprint density at radius 1 is 0.909 bits per heavy atom. The molecule has 0 spiro atoms. The maximum absolute atomic E-state index is 13.7. The minimum absolute atomic E-state index is 0.0300. The van der Waals surface area contributed by atoms with Gasteiger partial charge in [-0.25, -0.2) is 0 Å². The summed E-state index contributed by atoms with van der Waals surface area (Å²) in [7, 11) is 1.45. The Morgan fingerprint density at radius 2 is 1.55 bits per heavy atom. The van der Waals surface area contributed by atoms with Gasteiger partial charge < -0.3 is 18.6 Å². The standard InChI is InChI=1S/C24H16BrF3O5/c1-30-16-6-8-17(9-7-16)32-22-21(29)19-11-10-18(12-20(19)33-23(22)24(26,27)28)31-13-14-2-4-15(25)5-3-14/h2-12H,13H2,1H3. The van der Waals surface area contributed by atoms with Crippen molar-refractivity contribution < 1.29 is 31.8 Å². The quantitative estimate of drug-likeness (QED) is 0.275. The summed E-state index contributed by atoms with van der Waals surface area (Å²) in [5.74, 6) is -1.70. The number of benzene rings is 3. The van der Waals surface area contributed by atoms with Crippen molar-refractivity contribution in [1.29, 1.82) is 0 Å². The molecule has 1 aromatic heterocycles. The monoisotopic (exact) mass is 520 g/mol. The molecule has 1 heterocycles. The normalized spacial score (nSPS) is 11.4. The number of methoxy groups -OCH3 is 1. The second-order valence-corrected chi connectivity index (χ2v) is 7.85. The van der Waals surface area contributed by atoms with Gasteiger partial charge in [-0.05, 0) is 54.1 Å². The van der Waals surface area contributed by atoms with Gasteiger partial charge in [0.1, 0.15) is 29.4 Å². The average molecular weight is 521 g/mol. The summed E-state index contributed by atoms with van der Waals surface area (Å²) in [6, 6.07) is 17.2. The van der Waals surface area contributed by atoms with Gasteiger partial charge in [0.2, 0.25) is 11.2 Å². The third kappa shape index (κ3) is 5.14. The number of halogens is 4. The molecule has 170 valence electrons. The molecular weight excluding hydrogens is 505 g/mol. The smallest absolute Gasteiger partial charge is 0.453 e. The van der Waals surface area contributed by atoms with Crippen molar-refractivity contribution in [2.75, 3.05) is 7.11 Å². The van der Waals surface area contributed by atoms with E-state index in [2.05, 4.69) is 15.9 Å². The van der Waals surface area contributed by atoms with E-state index >= 15 is 0 Å². The zero-order valence-electron chi connectivity index (χ0n) is 17.1. The highest BCUT2D eigenvalue weighted by atomic mass is 79.9. The van der Waals surface area contributed by atoms with E-state index in [1.807, 2.05) is 24.3 Å². The molecule has 0 aliphatic carbocycles. The highest BCUT2D eigenvalue weighted by Crippen LogP contribution is 2.39. The molecule has 0 unspecified atom stereocenters. The molecule has 0 saturated heterocycles. The van der Waals surface area contributed by atoms with Crippen molar-refractivity contribution in [1.82, 2.24) is 0 Å². The second-order valence-electron chi connectivity index (χ2n) is 6.94. The van der Waals surface area contributed by atoms with Crippen molar-refractivity contribution in [2.24, 2.45) is 0 Å². The van der Waals surface area contributed by atoms with E-state index in [-0.39, 0.29) is 29.1 Å². The number of alkyl halides is 3. The summed E-state index contributed by atoms with van der Waals surface area (Å²) in [6.07, 6.45) is -4.95. The predicted molar refractivity (Wildman–Crippen MR) is 119 cm³/mol. The highest BCUT2D eigenvalue weighted by molar-refractivity contribution is 9.10. The summed E-state index contributed by atoms with van der Waals surface area (Å²) < 4.78 is 63.1. The Bertz CT molecular complexity index is 1330. The molecule has 3 aromatic carbocycles. The Labute approximate surface area is 194 Å². The fourth-order valence-electron chi connectivity index (χ4n) is 3.03. The Kier molecular flexibility index (Phi) is 6.33. The molecule has 0 fully saturated rings. The van der Waals surface area contributed by atoms with Gasteiger partial charge in [-0.15, -0.1) is 0 Å². The second kappa shape index (κ2) is 9.19. The molecule has 0 amide bonds. The molecule has 4 aromatic rings. The van der Waals surface area contributed by atoms with Crippen molar-refractivity contribution in [3.8, 4) is 23.0 Å². The van der Waals surface area contributed by atoms with Crippen LogP contribution in [0.2, 0.25) is 0 Å². The van der Waals surface area contributed by atoms with Gasteiger partial charge in [0.15, 0.2) is 0 Å². The van der Waals surface area contributed by atoms with Gasteiger partial charge >= 0.3 is 6.18 Å². The van der Waals surface area contributed by atoms with Crippen LogP contribution >= 0.6 is 15.9 Å². The van der Waals surface area contributed by atoms with Crippen LogP contribution in [0.15, 0.2) is 80.4 Å². The summed E-state index contributed by atoms with van der Waals surface area (Å²) >= 11 is 3.34. The largest absolute Gasteiger partial charge is 0.497 e. The topological polar surface area (TPSA) is 57.9 Å². The van der Waals surface area contributed by atoms with Crippen LogP contribution in [-0.4, -0.2) is 7.11 Å². The summed E-state index contributed by atoms with van der Waals surface area (Å²) in [6.45, 7) is 0.188. The van der Waals surface area contributed by atoms with Crippen LogP contribution < -0.4 is 19.6 Å². The van der Waals surface area contributed by atoms with Crippen molar-refractivity contribution in [3.05, 3.63) is 92.7 Å². The third-order valence-electron chi connectivity index (χ3n) is 4.68. The van der Waals surface area contributed by atoms with E-state index in [4.69, 9.17) is 18.6 Å². The van der Waals surface area contributed by atoms with Crippen LogP contribution in [0.5, 0.6) is 23.0 Å². The predicted octanol–water partition coefficient (Wildman–Crippen LogP) is 6.95. The number of ether oxygens (including phenoxy) is 3. The fraction of sp³-hybridized carbons (Fsp3) is 0.125. The summed E-state index contributed by atoms with van der Waals surface area (Å²) in [5.41, 5.74) is -0.347. The van der Waals surface area contributed by atoms with E-state index in [9.17, 15) is 18.0 Å². The van der Waals surface area contributed by atoms with E-state index < -0.39 is 23.1 Å². The van der Waals surface area contributed by atoms with E-state index in [0.717, 1.165) is 10.0 Å². The number of fused-ring (bicyclic) bond motifs is 1. The third-order valence-corrected chi connectivity index (χ3v) is 5.21. The van der Waals surface area contributed by atoms with E-state index in [0.29, 0.717) is 5.75 Å². The SMILES string of the molecule is COc1ccc(Oc2c(C(F)(F)F)oc3cc(OCc4ccc(Br)cc4)ccc3c2=O)cc1. The van der Waals surface area contributed by atoms with E-state index in [1.54, 1.807) is 0 Å². The first-order chi connectivity index (χ1) is 15.7. The summed E-state index contributed by atoms with van der Waals surface area (Å²) in [4.78, 5) is 12.9. The maximum atomic E-state index is 13.7. The first kappa shape index (κ1) is 22.7. The van der Waals surface area contributed by atoms with Gasteiger partial charge in [0, 0.05) is 10.5 Å². The van der Waals surface area contributed by atoms with Crippen LogP contribution in [0, 0.1) is 0 Å². The van der Waals surface area contributed by atoms with E-state index in [1.165, 1.54) is 49.6 Å². The van der Waals surface area contributed by atoms with Crippen LogP contribution in [0.4, 0.5) is 13.2 Å². The lowest BCUT2D eigenvalue weighted by Crippen LogP contribution is -2.15. The number of hydrogen-bond acceptors (Lipinski definition) is 5. The van der Waals surface area contributed by atoms with Gasteiger partial charge in [-0.3, -0.25) is 4.79 Å². The zero-order chi connectivity index (χ0) is 23.6. The molecule has 33 heavy (non-hydrogen) atoms. The van der Waals surface area contributed by atoms with Gasteiger partial charge in [0.05, 0.1) is 12.5 Å². The minimum atomic E-state index is -4.95. The number of rotatable bonds is 6. The molecule has 0 atom stereocenters. The lowest BCUT2D eigenvalue weighted by molar-refractivity contribution is -0.154. The molecule has 5 nitrogen and oxygen atoms in total. The van der Waals surface area contributed by atoms with Gasteiger partial charge in [-0.2, -0.15) is 13.2 Å². The first-order valence-corrected chi connectivity index (χ1v) is 10.4. The van der Waals surface area contributed by atoms with Gasteiger partial charge in [-0.1, -0.05) is 28.1 Å². The van der Waals surface area contributed by atoms with Crippen LogP contribution in [0.1, 0.15) is 11.3 Å². The molecule has 0 aliphatic heterocycles. The molecule has 9 heteroatoms. The highest BCUT2D eigenvalue weighted by Gasteiger charge is 2.40. The van der Waals surface area contributed by atoms with Crippen molar-refractivity contribution >= 4 is 26.9 Å². The lowest BCUT2D eigenvalue weighted by atomic mass is 10.2. The maximum Gasteiger partial charge on any atom is 0.453 e. The molecule has 0 saturated carbocycles. The molecular formula is C24H16BrF3O5. The first-order valence-electron chi connectivity index (χ1n) is 9.62. The Hall–Kier alpha value is -3.46. The fourth-order valence-corrected chi connectivity index (χ4v) is 3.30. The van der Waals surface area contributed by atoms with Crippen LogP contribution in [-0.2, 0) is 12.8 Å². The summed E-state index contributed by atoms with van der Waals surface area (Å²) in [5, 5.41) is -0.0671. The van der Waals surface area contributed by atoms with Crippen LogP contribution in [0.25, 0.3) is 11.0 Å². The minimum Gasteiger partial charge on any atom is -0.497 e. The molecule has 0 bridgehead atoms. The molecule has 4 rings (SSSR count). The molecule has 0 radical (unpaired) electrons. The number of hydrogen-bond donors (Lipinski definition) is 0. The molecule has 0 aliphatic rings. The van der Waals surface area contributed by atoms with Crippen molar-refractivity contribution in [3.63, 3.8) is 0 Å². The average Bonchev–Trinajstić information content (AvgIpc) is 2.80. The van der Waals surface area contributed by atoms with Gasteiger partial charge in [0.25, 0.3) is 5.76 Å². The van der Waals surface area contributed by atoms with Crippen molar-refractivity contribution in [2.45, 2.75) is 12.8 Å². The Morgan fingerprint density at radius 3 is 2.18 bits per heavy atom.